The van der Waals surface area contributed by atoms with Crippen LogP contribution in [0.5, 0.6) is 0 Å². The van der Waals surface area contributed by atoms with E-state index in [-0.39, 0.29) is 11.8 Å². The molecule has 2 aromatic rings. The summed E-state index contributed by atoms with van der Waals surface area (Å²) in [5, 5.41) is 3.81. The molecule has 2 rings (SSSR count). The van der Waals surface area contributed by atoms with E-state index in [0.717, 1.165) is 10.5 Å². The molecular formula is C23H28Cl2N2O2S. The van der Waals surface area contributed by atoms with Crippen LogP contribution >= 0.6 is 35.0 Å². The van der Waals surface area contributed by atoms with Gasteiger partial charge in [-0.2, -0.15) is 0 Å². The Labute approximate surface area is 193 Å². The molecule has 30 heavy (non-hydrogen) atoms. The Morgan fingerprint density at radius 3 is 2.37 bits per heavy atom. The van der Waals surface area contributed by atoms with E-state index in [1.165, 1.54) is 0 Å². The minimum atomic E-state index is -0.590. The minimum Gasteiger partial charge on any atom is -0.354 e. The number of carbonyl (C=O) groups excluding carboxylic acids is 2. The molecule has 162 valence electrons. The van der Waals surface area contributed by atoms with Crippen LogP contribution in [0.25, 0.3) is 0 Å². The van der Waals surface area contributed by atoms with Crippen molar-refractivity contribution in [3.63, 3.8) is 0 Å². The predicted octanol–water partition coefficient (Wildman–Crippen LogP) is 5.67. The molecule has 0 aliphatic rings. The monoisotopic (exact) mass is 466 g/mol. The lowest BCUT2D eigenvalue weighted by atomic mass is 10.1. The first-order valence-corrected chi connectivity index (χ1v) is 11.7. The van der Waals surface area contributed by atoms with Crippen molar-refractivity contribution in [3.8, 4) is 0 Å². The molecule has 1 unspecified atom stereocenters. The van der Waals surface area contributed by atoms with Crippen molar-refractivity contribution >= 4 is 46.8 Å². The summed E-state index contributed by atoms with van der Waals surface area (Å²) in [6.45, 7) is 6.69. The van der Waals surface area contributed by atoms with Gasteiger partial charge < -0.3 is 10.2 Å². The largest absolute Gasteiger partial charge is 0.354 e. The fraction of sp³-hybridized carbons (Fsp3) is 0.391. The van der Waals surface area contributed by atoms with Crippen LogP contribution in [0.1, 0.15) is 32.8 Å². The number of halogens is 2. The number of nitrogens with one attached hydrogen (secondary N) is 1. The molecule has 0 aromatic heterocycles. The molecule has 0 spiro atoms. The molecule has 0 heterocycles. The fourth-order valence-electron chi connectivity index (χ4n) is 2.79. The molecule has 0 aliphatic heterocycles. The van der Waals surface area contributed by atoms with Gasteiger partial charge in [-0.15, -0.1) is 11.8 Å². The van der Waals surface area contributed by atoms with E-state index in [0.29, 0.717) is 41.2 Å². The van der Waals surface area contributed by atoms with Gasteiger partial charge in [0.1, 0.15) is 6.04 Å². The van der Waals surface area contributed by atoms with Crippen molar-refractivity contribution in [1.29, 1.82) is 0 Å². The van der Waals surface area contributed by atoms with Crippen LogP contribution in [0.4, 0.5) is 0 Å². The zero-order valence-electron chi connectivity index (χ0n) is 17.5. The Morgan fingerprint density at radius 1 is 1.03 bits per heavy atom. The molecular weight excluding hydrogens is 439 g/mol. The Hall–Kier alpha value is -1.69. The summed E-state index contributed by atoms with van der Waals surface area (Å²) < 4.78 is 0. The van der Waals surface area contributed by atoms with Crippen molar-refractivity contribution in [2.75, 3.05) is 12.3 Å². The molecule has 0 bridgehead atoms. The molecule has 0 radical (unpaired) electrons. The van der Waals surface area contributed by atoms with Gasteiger partial charge in [-0.1, -0.05) is 61.3 Å². The van der Waals surface area contributed by atoms with E-state index >= 15 is 0 Å². The van der Waals surface area contributed by atoms with Crippen LogP contribution in [-0.4, -0.2) is 35.1 Å². The molecule has 1 N–H and O–H groups in total. The summed E-state index contributed by atoms with van der Waals surface area (Å²) in [5.74, 6) is 0.744. The van der Waals surface area contributed by atoms with Crippen molar-refractivity contribution < 1.29 is 9.59 Å². The fourth-order valence-corrected chi connectivity index (χ4v) is 3.97. The zero-order chi connectivity index (χ0) is 22.1. The van der Waals surface area contributed by atoms with Crippen LogP contribution in [0.3, 0.4) is 0 Å². The van der Waals surface area contributed by atoms with Crippen LogP contribution < -0.4 is 5.32 Å². The predicted molar refractivity (Wildman–Crippen MR) is 126 cm³/mol. The summed E-state index contributed by atoms with van der Waals surface area (Å²) in [6, 6.07) is 14.6. The molecule has 0 aliphatic carbocycles. The Balaban J connectivity index is 2.08. The Bertz CT molecular complexity index is 846. The second-order valence-electron chi connectivity index (χ2n) is 7.50. The van der Waals surface area contributed by atoms with Crippen molar-refractivity contribution in [1.82, 2.24) is 10.2 Å². The topological polar surface area (TPSA) is 49.4 Å². The van der Waals surface area contributed by atoms with Crippen LogP contribution in [-0.2, 0) is 16.1 Å². The zero-order valence-corrected chi connectivity index (χ0v) is 19.9. The number of benzene rings is 2. The van der Waals surface area contributed by atoms with Gasteiger partial charge in [0.25, 0.3) is 0 Å². The van der Waals surface area contributed by atoms with Crippen molar-refractivity contribution in [3.05, 3.63) is 64.1 Å². The third-order valence-electron chi connectivity index (χ3n) is 4.52. The average molecular weight is 467 g/mol. The number of thioether (sulfide) groups is 1. The minimum absolute atomic E-state index is 0.0725. The SMILES string of the molecule is CC(C)CNC(=O)C(C)N(Cc1ccc(Cl)c(Cl)c1)C(=O)CCSc1ccccc1. The van der Waals surface area contributed by atoms with Gasteiger partial charge >= 0.3 is 0 Å². The molecule has 4 nitrogen and oxygen atoms in total. The maximum atomic E-state index is 13.0. The molecule has 7 heteroatoms. The third-order valence-corrected chi connectivity index (χ3v) is 6.27. The van der Waals surface area contributed by atoms with Crippen molar-refractivity contribution in [2.24, 2.45) is 5.92 Å². The van der Waals surface area contributed by atoms with E-state index in [1.807, 2.05) is 50.2 Å². The molecule has 0 fully saturated rings. The van der Waals surface area contributed by atoms with Crippen LogP contribution in [0.15, 0.2) is 53.4 Å². The number of rotatable bonds is 10. The smallest absolute Gasteiger partial charge is 0.242 e. The molecule has 2 amide bonds. The number of hydrogen-bond acceptors (Lipinski definition) is 3. The van der Waals surface area contributed by atoms with Gasteiger partial charge in [-0.25, -0.2) is 0 Å². The standard InChI is InChI=1S/C23H28Cl2N2O2S/c1-16(2)14-26-23(29)17(3)27(15-18-9-10-20(24)21(25)13-18)22(28)11-12-30-19-7-5-4-6-8-19/h4-10,13,16-17H,11-12,14-15H2,1-3H3,(H,26,29). The molecule has 0 saturated heterocycles. The lowest BCUT2D eigenvalue weighted by Gasteiger charge is -2.29. The first kappa shape index (κ1) is 24.6. The number of amides is 2. The average Bonchev–Trinajstić information content (AvgIpc) is 2.72. The van der Waals surface area contributed by atoms with Gasteiger partial charge in [-0.3, -0.25) is 9.59 Å². The van der Waals surface area contributed by atoms with E-state index in [9.17, 15) is 9.59 Å². The highest BCUT2D eigenvalue weighted by atomic mass is 35.5. The number of hydrogen-bond donors (Lipinski definition) is 1. The molecule has 1 atom stereocenters. The second kappa shape index (κ2) is 12.2. The van der Waals surface area contributed by atoms with E-state index in [4.69, 9.17) is 23.2 Å². The molecule has 0 saturated carbocycles. The summed E-state index contributed by atoms with van der Waals surface area (Å²) in [4.78, 5) is 28.4. The van der Waals surface area contributed by atoms with E-state index in [1.54, 1.807) is 35.7 Å². The number of carbonyl (C=O) groups is 2. The van der Waals surface area contributed by atoms with Gasteiger partial charge in [0.05, 0.1) is 10.0 Å². The summed E-state index contributed by atoms with van der Waals surface area (Å²) in [5.41, 5.74) is 0.831. The van der Waals surface area contributed by atoms with Gasteiger partial charge in [0.15, 0.2) is 0 Å². The van der Waals surface area contributed by atoms with Crippen LogP contribution in [0.2, 0.25) is 10.0 Å². The third kappa shape index (κ3) is 7.86. The van der Waals surface area contributed by atoms with Gasteiger partial charge in [0, 0.05) is 30.2 Å². The first-order valence-electron chi connectivity index (χ1n) is 9.97. The van der Waals surface area contributed by atoms with Crippen molar-refractivity contribution in [2.45, 2.75) is 44.7 Å². The van der Waals surface area contributed by atoms with E-state index in [2.05, 4.69) is 5.32 Å². The Kier molecular flexibility index (Phi) is 10.0. The highest BCUT2D eigenvalue weighted by Crippen LogP contribution is 2.24. The maximum Gasteiger partial charge on any atom is 0.242 e. The normalized spacial score (nSPS) is 11.9. The van der Waals surface area contributed by atoms with E-state index < -0.39 is 6.04 Å². The second-order valence-corrected chi connectivity index (χ2v) is 9.48. The van der Waals surface area contributed by atoms with Crippen LogP contribution in [0, 0.1) is 5.92 Å². The molecule has 2 aromatic carbocycles. The lowest BCUT2D eigenvalue weighted by Crippen LogP contribution is -2.48. The summed E-state index contributed by atoms with van der Waals surface area (Å²) in [6.07, 6.45) is 0.336. The first-order chi connectivity index (χ1) is 14.3. The quantitative estimate of drug-likeness (QED) is 0.459. The number of nitrogens with zero attached hydrogens (tertiary/aromatic N) is 1. The summed E-state index contributed by atoms with van der Waals surface area (Å²) in [7, 11) is 0. The maximum absolute atomic E-state index is 13.0. The Morgan fingerprint density at radius 2 is 1.73 bits per heavy atom. The highest BCUT2D eigenvalue weighted by molar-refractivity contribution is 7.99. The highest BCUT2D eigenvalue weighted by Gasteiger charge is 2.26. The van der Waals surface area contributed by atoms with Gasteiger partial charge in [0.2, 0.25) is 11.8 Å². The van der Waals surface area contributed by atoms with Gasteiger partial charge in [-0.05, 0) is 42.7 Å². The lowest BCUT2D eigenvalue weighted by molar-refractivity contribution is -0.140. The summed E-state index contributed by atoms with van der Waals surface area (Å²) >= 11 is 13.8.